The maximum atomic E-state index is 12.2. The number of amides is 1. The lowest BCUT2D eigenvalue weighted by molar-refractivity contribution is -0.125. The summed E-state index contributed by atoms with van der Waals surface area (Å²) in [5, 5.41) is 0. The van der Waals surface area contributed by atoms with Crippen molar-refractivity contribution in [3.63, 3.8) is 0 Å². The molecule has 1 unspecified atom stereocenters. The standard InChI is InChI=1S/C18H25N3O2/c19-13-16-7-8-21(14-16)18(22)6-3-15-1-4-17(5-2-15)20-9-11-23-12-10-20/h1-6,16H,7-14,19H2/b6-3+. The van der Waals surface area contributed by atoms with E-state index in [0.717, 1.165) is 51.4 Å². The molecule has 2 saturated heterocycles. The van der Waals surface area contributed by atoms with Crippen LogP contribution in [0.15, 0.2) is 30.3 Å². The van der Waals surface area contributed by atoms with Crippen LogP contribution in [0.4, 0.5) is 5.69 Å². The van der Waals surface area contributed by atoms with E-state index in [9.17, 15) is 4.79 Å². The van der Waals surface area contributed by atoms with Gasteiger partial charge in [0.15, 0.2) is 0 Å². The van der Waals surface area contributed by atoms with Crippen LogP contribution in [0.25, 0.3) is 6.08 Å². The molecule has 0 saturated carbocycles. The van der Waals surface area contributed by atoms with Gasteiger partial charge in [-0.25, -0.2) is 0 Å². The summed E-state index contributed by atoms with van der Waals surface area (Å²) in [6, 6.07) is 8.33. The molecular weight excluding hydrogens is 290 g/mol. The molecule has 5 heteroatoms. The summed E-state index contributed by atoms with van der Waals surface area (Å²) in [7, 11) is 0. The fourth-order valence-corrected chi connectivity index (χ4v) is 3.12. The summed E-state index contributed by atoms with van der Waals surface area (Å²) in [5.74, 6) is 0.540. The fourth-order valence-electron chi connectivity index (χ4n) is 3.12. The van der Waals surface area contributed by atoms with Crippen LogP contribution in [0.5, 0.6) is 0 Å². The van der Waals surface area contributed by atoms with E-state index in [1.807, 2.05) is 11.0 Å². The van der Waals surface area contributed by atoms with Crippen LogP contribution in [0.1, 0.15) is 12.0 Å². The quantitative estimate of drug-likeness (QED) is 0.852. The van der Waals surface area contributed by atoms with Gasteiger partial charge in [-0.2, -0.15) is 0 Å². The molecule has 2 N–H and O–H groups in total. The molecule has 0 spiro atoms. The molecular formula is C18H25N3O2. The lowest BCUT2D eigenvalue weighted by atomic mass is 10.1. The molecule has 124 valence electrons. The van der Waals surface area contributed by atoms with Gasteiger partial charge in [-0.05, 0) is 42.7 Å². The molecule has 1 atom stereocenters. The Balaban J connectivity index is 1.56. The summed E-state index contributed by atoms with van der Waals surface area (Å²) >= 11 is 0. The van der Waals surface area contributed by atoms with Crippen LogP contribution >= 0.6 is 0 Å². The minimum Gasteiger partial charge on any atom is -0.378 e. The van der Waals surface area contributed by atoms with Crippen LogP contribution in [-0.2, 0) is 9.53 Å². The van der Waals surface area contributed by atoms with Crippen LogP contribution in [0.3, 0.4) is 0 Å². The van der Waals surface area contributed by atoms with E-state index in [1.165, 1.54) is 5.69 Å². The summed E-state index contributed by atoms with van der Waals surface area (Å²) < 4.78 is 5.37. The molecule has 0 bridgehead atoms. The number of nitrogens with two attached hydrogens (primary N) is 1. The highest BCUT2D eigenvalue weighted by atomic mass is 16.5. The first-order chi connectivity index (χ1) is 11.3. The zero-order valence-electron chi connectivity index (χ0n) is 13.5. The topological polar surface area (TPSA) is 58.8 Å². The number of rotatable bonds is 4. The highest BCUT2D eigenvalue weighted by Crippen LogP contribution is 2.18. The smallest absolute Gasteiger partial charge is 0.246 e. The van der Waals surface area contributed by atoms with Crippen molar-refractivity contribution in [3.05, 3.63) is 35.9 Å². The SMILES string of the molecule is NCC1CCN(C(=O)/C=C/c2ccc(N3CCOCC3)cc2)C1. The first-order valence-corrected chi connectivity index (χ1v) is 8.36. The van der Waals surface area contributed by atoms with Crippen molar-refractivity contribution < 1.29 is 9.53 Å². The third-order valence-electron chi connectivity index (χ3n) is 4.62. The lowest BCUT2D eigenvalue weighted by Gasteiger charge is -2.28. The Morgan fingerprint density at radius 3 is 2.61 bits per heavy atom. The largest absolute Gasteiger partial charge is 0.378 e. The molecule has 1 aromatic rings. The fraction of sp³-hybridized carbons (Fsp3) is 0.500. The Labute approximate surface area is 137 Å². The molecule has 0 aromatic heterocycles. The van der Waals surface area contributed by atoms with Crippen LogP contribution in [0, 0.1) is 5.92 Å². The van der Waals surface area contributed by atoms with Crippen molar-refractivity contribution in [2.45, 2.75) is 6.42 Å². The van der Waals surface area contributed by atoms with Gasteiger partial charge in [0.05, 0.1) is 13.2 Å². The van der Waals surface area contributed by atoms with E-state index in [0.29, 0.717) is 12.5 Å². The Bertz CT molecular complexity index is 550. The van der Waals surface area contributed by atoms with Gasteiger partial charge in [0, 0.05) is 37.9 Å². The maximum Gasteiger partial charge on any atom is 0.246 e. The normalized spacial score (nSPS) is 22.0. The van der Waals surface area contributed by atoms with Gasteiger partial charge >= 0.3 is 0 Å². The molecule has 23 heavy (non-hydrogen) atoms. The summed E-state index contributed by atoms with van der Waals surface area (Å²) in [6.07, 6.45) is 4.58. The molecule has 2 aliphatic heterocycles. The van der Waals surface area contributed by atoms with Crippen molar-refractivity contribution in [2.75, 3.05) is 50.8 Å². The van der Waals surface area contributed by atoms with E-state index in [1.54, 1.807) is 6.08 Å². The number of hydrogen-bond acceptors (Lipinski definition) is 4. The Morgan fingerprint density at radius 1 is 1.22 bits per heavy atom. The van der Waals surface area contributed by atoms with Gasteiger partial charge in [0.1, 0.15) is 0 Å². The van der Waals surface area contributed by atoms with E-state index >= 15 is 0 Å². The molecule has 1 amide bonds. The van der Waals surface area contributed by atoms with Crippen molar-refractivity contribution in [1.29, 1.82) is 0 Å². The predicted octanol–water partition coefficient (Wildman–Crippen LogP) is 1.34. The second kappa shape index (κ2) is 7.62. The highest BCUT2D eigenvalue weighted by Gasteiger charge is 2.23. The van der Waals surface area contributed by atoms with Crippen molar-refractivity contribution in [2.24, 2.45) is 11.7 Å². The van der Waals surface area contributed by atoms with Gasteiger partial charge < -0.3 is 20.3 Å². The number of ether oxygens (including phenoxy) is 1. The molecule has 3 rings (SSSR count). The number of benzene rings is 1. The van der Waals surface area contributed by atoms with Gasteiger partial charge in [-0.1, -0.05) is 12.1 Å². The Kier molecular flexibility index (Phi) is 5.31. The molecule has 2 heterocycles. The van der Waals surface area contributed by atoms with Gasteiger partial charge in [-0.3, -0.25) is 4.79 Å². The van der Waals surface area contributed by atoms with Gasteiger partial charge in [-0.15, -0.1) is 0 Å². The first-order valence-electron chi connectivity index (χ1n) is 8.36. The number of carbonyl (C=O) groups excluding carboxylic acids is 1. The number of hydrogen-bond donors (Lipinski definition) is 1. The number of nitrogens with zero attached hydrogens (tertiary/aromatic N) is 2. The molecule has 2 fully saturated rings. The number of morpholine rings is 1. The average molecular weight is 315 g/mol. The Morgan fingerprint density at radius 2 is 1.96 bits per heavy atom. The third-order valence-corrected chi connectivity index (χ3v) is 4.62. The number of likely N-dealkylation sites (tertiary alicyclic amines) is 1. The monoisotopic (exact) mass is 315 g/mol. The van der Waals surface area contributed by atoms with Crippen LogP contribution < -0.4 is 10.6 Å². The molecule has 1 aromatic carbocycles. The number of anilines is 1. The van der Waals surface area contributed by atoms with Crippen LogP contribution in [0.2, 0.25) is 0 Å². The summed E-state index contributed by atoms with van der Waals surface area (Å²) in [5.41, 5.74) is 7.93. The summed E-state index contributed by atoms with van der Waals surface area (Å²) in [4.78, 5) is 16.4. The van der Waals surface area contributed by atoms with Crippen LogP contribution in [-0.4, -0.2) is 56.7 Å². The average Bonchev–Trinajstić information content (AvgIpc) is 3.10. The lowest BCUT2D eigenvalue weighted by Crippen LogP contribution is -2.36. The molecule has 0 radical (unpaired) electrons. The minimum atomic E-state index is 0.0817. The zero-order valence-corrected chi connectivity index (χ0v) is 13.5. The third kappa shape index (κ3) is 4.12. The predicted molar refractivity (Wildman–Crippen MR) is 92.2 cm³/mol. The van der Waals surface area contributed by atoms with Crippen molar-refractivity contribution >= 4 is 17.7 Å². The molecule has 2 aliphatic rings. The van der Waals surface area contributed by atoms with E-state index in [2.05, 4.69) is 29.2 Å². The van der Waals surface area contributed by atoms with Gasteiger partial charge in [0.2, 0.25) is 5.91 Å². The first kappa shape index (κ1) is 16.0. The van der Waals surface area contributed by atoms with E-state index in [-0.39, 0.29) is 5.91 Å². The second-order valence-corrected chi connectivity index (χ2v) is 6.20. The number of carbonyl (C=O) groups is 1. The minimum absolute atomic E-state index is 0.0817. The second-order valence-electron chi connectivity index (χ2n) is 6.20. The summed E-state index contributed by atoms with van der Waals surface area (Å²) in [6.45, 7) is 5.72. The van der Waals surface area contributed by atoms with Crippen molar-refractivity contribution in [3.8, 4) is 0 Å². The van der Waals surface area contributed by atoms with Crippen molar-refractivity contribution in [1.82, 2.24) is 4.90 Å². The highest BCUT2D eigenvalue weighted by molar-refractivity contribution is 5.92. The molecule has 0 aliphatic carbocycles. The Hall–Kier alpha value is -1.85. The van der Waals surface area contributed by atoms with Gasteiger partial charge in [0.25, 0.3) is 0 Å². The maximum absolute atomic E-state index is 12.2. The zero-order chi connectivity index (χ0) is 16.1. The molecule has 5 nitrogen and oxygen atoms in total. The van der Waals surface area contributed by atoms with E-state index < -0.39 is 0 Å². The van der Waals surface area contributed by atoms with E-state index in [4.69, 9.17) is 10.5 Å².